The van der Waals surface area contributed by atoms with Gasteiger partial charge in [-0.3, -0.25) is 0 Å². The number of allylic oxidation sites excluding steroid dienone is 1. The van der Waals surface area contributed by atoms with E-state index in [-0.39, 0.29) is 5.89 Å². The molecule has 0 aliphatic heterocycles. The molecule has 0 unspecified atom stereocenters. The van der Waals surface area contributed by atoms with Crippen LogP contribution in [-0.4, -0.2) is 4.98 Å². The average molecular weight is 166 g/mol. The summed E-state index contributed by atoms with van der Waals surface area (Å²) in [6.45, 7) is 3.42. The third-order valence-electron chi connectivity index (χ3n) is 1.17. The van der Waals surface area contributed by atoms with Gasteiger partial charge in [-0.05, 0) is 13.8 Å². The molecule has 1 rings (SSSR count). The first-order chi connectivity index (χ1) is 5.58. The van der Waals surface area contributed by atoms with E-state index in [2.05, 4.69) is 4.98 Å². The molecule has 0 aromatic carbocycles. The highest BCUT2D eigenvalue weighted by Crippen LogP contribution is 1.97. The highest BCUT2D eigenvalue weighted by molar-refractivity contribution is 5.40. The predicted octanol–water partition coefficient (Wildman–Crippen LogP) is 0.663. The molecule has 0 aliphatic rings. The van der Waals surface area contributed by atoms with Crippen LogP contribution in [0.15, 0.2) is 21.0 Å². The van der Waals surface area contributed by atoms with Crippen LogP contribution in [0.4, 0.5) is 0 Å². The van der Waals surface area contributed by atoms with Crippen molar-refractivity contribution in [1.82, 2.24) is 4.98 Å². The lowest BCUT2D eigenvalue weighted by Crippen LogP contribution is -2.02. The molecule has 0 atom stereocenters. The van der Waals surface area contributed by atoms with Crippen molar-refractivity contribution >= 4 is 6.08 Å². The maximum Gasteiger partial charge on any atom is 0.339 e. The Labute approximate surface area is 69.7 Å². The zero-order valence-corrected chi connectivity index (χ0v) is 7.00. The first-order valence-electron chi connectivity index (χ1n) is 3.50. The van der Waals surface area contributed by atoms with E-state index in [1.165, 1.54) is 12.1 Å². The van der Waals surface area contributed by atoms with Crippen LogP contribution in [-0.2, 0) is 0 Å². The van der Waals surface area contributed by atoms with Gasteiger partial charge in [0.05, 0.1) is 0 Å². The Morgan fingerprint density at radius 2 is 2.42 bits per heavy atom. The third-order valence-corrected chi connectivity index (χ3v) is 1.17. The fraction of sp³-hybridized carbons (Fsp3) is 0.250. The van der Waals surface area contributed by atoms with Crippen molar-refractivity contribution in [2.24, 2.45) is 5.73 Å². The van der Waals surface area contributed by atoms with E-state index in [9.17, 15) is 4.79 Å². The molecule has 0 fully saturated rings. The van der Waals surface area contributed by atoms with Crippen molar-refractivity contribution < 1.29 is 4.42 Å². The summed E-state index contributed by atoms with van der Waals surface area (Å²) in [5.74, 6) is 0.250. The fourth-order valence-electron chi connectivity index (χ4n) is 0.788. The van der Waals surface area contributed by atoms with Crippen LogP contribution in [0.2, 0.25) is 0 Å². The average Bonchev–Trinajstić information content (AvgIpc) is 1.81. The minimum atomic E-state index is -0.407. The maximum absolute atomic E-state index is 10.8. The van der Waals surface area contributed by atoms with E-state index in [1.807, 2.05) is 0 Å². The molecule has 2 N–H and O–H groups in total. The van der Waals surface area contributed by atoms with Gasteiger partial charge in [-0.1, -0.05) is 0 Å². The monoisotopic (exact) mass is 166 g/mol. The molecular formula is C8H10N2O2. The third kappa shape index (κ3) is 2.23. The van der Waals surface area contributed by atoms with E-state index in [0.717, 1.165) is 0 Å². The summed E-state index contributed by atoms with van der Waals surface area (Å²) in [5, 5.41) is 0. The SMILES string of the molecule is CC(N)=Cc1nc(C)cc(=O)o1. The van der Waals surface area contributed by atoms with E-state index in [1.54, 1.807) is 13.8 Å². The van der Waals surface area contributed by atoms with Crippen molar-refractivity contribution in [3.8, 4) is 0 Å². The molecule has 1 aromatic rings. The van der Waals surface area contributed by atoms with Gasteiger partial charge in [0.1, 0.15) is 0 Å². The Hall–Kier alpha value is -1.58. The van der Waals surface area contributed by atoms with Gasteiger partial charge < -0.3 is 10.2 Å². The van der Waals surface area contributed by atoms with Crippen molar-refractivity contribution in [2.45, 2.75) is 13.8 Å². The topological polar surface area (TPSA) is 69.1 Å². The molecule has 0 saturated carbocycles. The Morgan fingerprint density at radius 3 is 2.92 bits per heavy atom. The van der Waals surface area contributed by atoms with Gasteiger partial charge in [0.2, 0.25) is 5.89 Å². The number of hydrogen-bond acceptors (Lipinski definition) is 4. The van der Waals surface area contributed by atoms with E-state index in [0.29, 0.717) is 11.4 Å². The minimum Gasteiger partial charge on any atom is -0.404 e. The molecule has 4 nitrogen and oxygen atoms in total. The van der Waals surface area contributed by atoms with Crippen LogP contribution in [0.5, 0.6) is 0 Å². The smallest absolute Gasteiger partial charge is 0.339 e. The minimum absolute atomic E-state index is 0.250. The van der Waals surface area contributed by atoms with Crippen molar-refractivity contribution in [3.05, 3.63) is 33.8 Å². The van der Waals surface area contributed by atoms with Crippen LogP contribution < -0.4 is 11.4 Å². The van der Waals surface area contributed by atoms with E-state index < -0.39 is 5.63 Å². The Morgan fingerprint density at radius 1 is 1.75 bits per heavy atom. The lowest BCUT2D eigenvalue weighted by molar-refractivity contribution is 0.476. The predicted molar refractivity (Wildman–Crippen MR) is 45.3 cm³/mol. The van der Waals surface area contributed by atoms with Crippen LogP contribution in [0, 0.1) is 6.92 Å². The molecule has 0 radical (unpaired) electrons. The highest BCUT2D eigenvalue weighted by atomic mass is 16.4. The van der Waals surface area contributed by atoms with Gasteiger partial charge in [-0.2, -0.15) is 0 Å². The second kappa shape index (κ2) is 3.21. The summed E-state index contributed by atoms with van der Waals surface area (Å²) < 4.78 is 4.75. The summed E-state index contributed by atoms with van der Waals surface area (Å²) in [7, 11) is 0. The number of rotatable bonds is 1. The van der Waals surface area contributed by atoms with Crippen molar-refractivity contribution in [1.29, 1.82) is 0 Å². The fourth-order valence-corrected chi connectivity index (χ4v) is 0.788. The highest BCUT2D eigenvalue weighted by Gasteiger charge is 1.96. The second-order valence-corrected chi connectivity index (χ2v) is 2.55. The van der Waals surface area contributed by atoms with Crippen LogP contribution in [0.3, 0.4) is 0 Å². The van der Waals surface area contributed by atoms with E-state index >= 15 is 0 Å². The molecule has 1 aromatic heterocycles. The molecular weight excluding hydrogens is 156 g/mol. The quantitative estimate of drug-likeness (QED) is 0.665. The summed E-state index contributed by atoms with van der Waals surface area (Å²) >= 11 is 0. The maximum atomic E-state index is 10.8. The zero-order valence-electron chi connectivity index (χ0n) is 7.00. The largest absolute Gasteiger partial charge is 0.404 e. The normalized spacial score (nSPS) is 11.7. The Kier molecular flexibility index (Phi) is 2.28. The Bertz CT molecular complexity index is 362. The van der Waals surface area contributed by atoms with Crippen molar-refractivity contribution in [2.75, 3.05) is 0 Å². The second-order valence-electron chi connectivity index (χ2n) is 2.55. The molecule has 0 spiro atoms. The van der Waals surface area contributed by atoms with Crippen molar-refractivity contribution in [3.63, 3.8) is 0 Å². The van der Waals surface area contributed by atoms with Crippen LogP contribution in [0.25, 0.3) is 6.08 Å². The number of nitrogens with two attached hydrogens (primary N) is 1. The van der Waals surface area contributed by atoms with Gasteiger partial charge in [-0.15, -0.1) is 0 Å². The molecule has 0 bridgehead atoms. The van der Waals surface area contributed by atoms with Crippen LogP contribution in [0.1, 0.15) is 18.5 Å². The lowest BCUT2D eigenvalue weighted by atomic mass is 10.4. The molecule has 1 heterocycles. The van der Waals surface area contributed by atoms with Gasteiger partial charge >= 0.3 is 5.63 Å². The summed E-state index contributed by atoms with van der Waals surface area (Å²) in [4.78, 5) is 14.8. The first-order valence-corrected chi connectivity index (χ1v) is 3.50. The molecule has 64 valence electrons. The molecule has 12 heavy (non-hydrogen) atoms. The first kappa shape index (κ1) is 8.52. The van der Waals surface area contributed by atoms with Gasteiger partial charge in [0, 0.05) is 23.5 Å². The standard InChI is InChI=1S/C8H10N2O2/c1-5(9)3-7-10-6(2)4-8(11)12-7/h3-4H,9H2,1-2H3. The number of aromatic nitrogens is 1. The van der Waals surface area contributed by atoms with E-state index in [4.69, 9.17) is 10.2 Å². The van der Waals surface area contributed by atoms with Gasteiger partial charge in [0.15, 0.2) is 0 Å². The van der Waals surface area contributed by atoms with Gasteiger partial charge in [0.25, 0.3) is 0 Å². The molecule has 0 aliphatic carbocycles. The lowest BCUT2D eigenvalue weighted by Gasteiger charge is -1.93. The van der Waals surface area contributed by atoms with Crippen LogP contribution >= 0.6 is 0 Å². The Balaban J connectivity index is 3.18. The summed E-state index contributed by atoms with van der Waals surface area (Å²) in [5.41, 5.74) is 6.15. The molecule has 0 amide bonds. The zero-order chi connectivity index (χ0) is 9.14. The summed E-state index contributed by atoms with van der Waals surface area (Å²) in [6.07, 6.45) is 1.51. The number of aryl methyl sites for hydroxylation is 1. The number of nitrogens with zero attached hydrogens (tertiary/aromatic N) is 1. The molecule has 0 saturated heterocycles. The molecule has 4 heteroatoms. The summed E-state index contributed by atoms with van der Waals surface area (Å²) in [6, 6.07) is 1.32. The van der Waals surface area contributed by atoms with Gasteiger partial charge in [-0.25, -0.2) is 9.78 Å². The number of hydrogen-bond donors (Lipinski definition) is 1.